The molecule has 0 saturated carbocycles. The monoisotopic (exact) mass is 360 g/mol. The molecule has 0 aliphatic carbocycles. The number of aryl methyl sites for hydroxylation is 1. The largest absolute Gasteiger partial charge is 0.385 e. The van der Waals surface area contributed by atoms with Crippen LogP contribution >= 0.6 is 0 Å². The van der Waals surface area contributed by atoms with Crippen LogP contribution in [0.1, 0.15) is 30.3 Å². The van der Waals surface area contributed by atoms with Crippen molar-refractivity contribution in [1.82, 2.24) is 19.8 Å². The Morgan fingerprint density at radius 3 is 2.77 bits per heavy atom. The molecule has 140 valence electrons. The molecule has 0 unspecified atom stereocenters. The summed E-state index contributed by atoms with van der Waals surface area (Å²) in [6.45, 7) is 1.98. The van der Waals surface area contributed by atoms with E-state index in [1.165, 1.54) is 6.07 Å². The highest BCUT2D eigenvalue weighted by Crippen LogP contribution is 2.29. The number of hydrogen-bond acceptors (Lipinski definition) is 4. The van der Waals surface area contributed by atoms with Gasteiger partial charge in [0.15, 0.2) is 0 Å². The number of piperidine rings is 1. The molecule has 1 aromatic carbocycles. The van der Waals surface area contributed by atoms with Crippen molar-refractivity contribution in [3.63, 3.8) is 0 Å². The third-order valence-corrected chi connectivity index (χ3v) is 5.00. The summed E-state index contributed by atoms with van der Waals surface area (Å²) >= 11 is 0. The van der Waals surface area contributed by atoms with Gasteiger partial charge in [0.2, 0.25) is 5.91 Å². The van der Waals surface area contributed by atoms with Crippen molar-refractivity contribution >= 4 is 5.91 Å². The van der Waals surface area contributed by atoms with Crippen LogP contribution in [-0.4, -0.2) is 45.1 Å². The summed E-state index contributed by atoms with van der Waals surface area (Å²) in [4.78, 5) is 18.4. The predicted octanol–water partition coefficient (Wildman–Crippen LogP) is 1.62. The summed E-state index contributed by atoms with van der Waals surface area (Å²) < 4.78 is 15.4. The maximum atomic E-state index is 13.6. The van der Waals surface area contributed by atoms with Gasteiger partial charge in [0, 0.05) is 31.5 Å². The number of imidazole rings is 1. The maximum absolute atomic E-state index is 13.6. The fourth-order valence-electron chi connectivity index (χ4n) is 3.39. The number of carbonyl (C=O) groups excluding carboxylic acids is 1. The molecule has 1 atom stereocenters. The number of halogens is 1. The normalized spacial score (nSPS) is 17.2. The fourth-order valence-corrected chi connectivity index (χ4v) is 3.39. The molecule has 26 heavy (non-hydrogen) atoms. The highest BCUT2D eigenvalue weighted by atomic mass is 19.1. The third kappa shape index (κ3) is 4.47. The van der Waals surface area contributed by atoms with Crippen LogP contribution in [0.25, 0.3) is 0 Å². The smallest absolute Gasteiger partial charge is 0.234 e. The van der Waals surface area contributed by atoms with Crippen LogP contribution in [0.15, 0.2) is 36.7 Å². The summed E-state index contributed by atoms with van der Waals surface area (Å²) in [5.74, 6) is 0.410. The van der Waals surface area contributed by atoms with Gasteiger partial charge in [0.05, 0.1) is 6.54 Å². The van der Waals surface area contributed by atoms with E-state index in [0.717, 1.165) is 25.9 Å². The van der Waals surface area contributed by atoms with E-state index in [2.05, 4.69) is 15.2 Å². The minimum Gasteiger partial charge on any atom is -0.385 e. The van der Waals surface area contributed by atoms with Crippen LogP contribution in [-0.2, 0) is 18.4 Å². The number of amides is 1. The Morgan fingerprint density at radius 1 is 1.38 bits per heavy atom. The van der Waals surface area contributed by atoms with Crippen LogP contribution in [0.2, 0.25) is 0 Å². The van der Waals surface area contributed by atoms with E-state index in [4.69, 9.17) is 0 Å². The van der Waals surface area contributed by atoms with Crippen molar-refractivity contribution in [2.45, 2.75) is 25.5 Å². The molecule has 1 saturated heterocycles. The van der Waals surface area contributed by atoms with E-state index < -0.39 is 6.10 Å². The average molecular weight is 360 g/mol. The molecule has 3 rings (SSSR count). The van der Waals surface area contributed by atoms with Crippen LogP contribution in [0.5, 0.6) is 0 Å². The molecule has 1 amide bonds. The first kappa shape index (κ1) is 18.5. The number of rotatable bonds is 6. The highest BCUT2D eigenvalue weighted by molar-refractivity contribution is 5.78. The van der Waals surface area contributed by atoms with E-state index in [9.17, 15) is 14.3 Å². The Hall–Kier alpha value is -2.25. The van der Waals surface area contributed by atoms with Crippen LogP contribution in [0.4, 0.5) is 4.39 Å². The molecule has 1 aliphatic heterocycles. The van der Waals surface area contributed by atoms with E-state index in [1.54, 1.807) is 24.4 Å². The highest BCUT2D eigenvalue weighted by Gasteiger charge is 2.28. The van der Waals surface area contributed by atoms with Crippen molar-refractivity contribution in [3.05, 3.63) is 53.9 Å². The van der Waals surface area contributed by atoms with E-state index in [1.807, 2.05) is 17.8 Å². The van der Waals surface area contributed by atoms with E-state index in [0.29, 0.717) is 17.9 Å². The van der Waals surface area contributed by atoms with Crippen LogP contribution in [0, 0.1) is 11.7 Å². The third-order valence-electron chi connectivity index (χ3n) is 5.00. The lowest BCUT2D eigenvalue weighted by Crippen LogP contribution is -2.42. The first-order valence-corrected chi connectivity index (χ1v) is 8.92. The zero-order valence-electron chi connectivity index (χ0n) is 14.9. The SMILES string of the molecule is Cn1ccnc1[C@H](O)C1CCN(CC(=O)NCc2ccccc2F)CC1. The molecule has 2 heterocycles. The number of nitrogens with one attached hydrogen (secondary N) is 1. The molecule has 1 aromatic heterocycles. The fraction of sp³-hybridized carbons (Fsp3) is 0.474. The van der Waals surface area contributed by atoms with Gasteiger partial charge in [-0.2, -0.15) is 0 Å². The van der Waals surface area contributed by atoms with E-state index >= 15 is 0 Å². The van der Waals surface area contributed by atoms with Crippen molar-refractivity contribution in [3.8, 4) is 0 Å². The number of benzene rings is 1. The molecule has 0 spiro atoms. The minimum atomic E-state index is -0.577. The molecule has 0 bridgehead atoms. The number of aliphatic hydroxyl groups is 1. The number of carbonyl (C=O) groups is 1. The predicted molar refractivity (Wildman–Crippen MR) is 95.6 cm³/mol. The zero-order valence-corrected chi connectivity index (χ0v) is 14.9. The summed E-state index contributed by atoms with van der Waals surface area (Å²) in [6, 6.07) is 6.44. The second-order valence-corrected chi connectivity index (χ2v) is 6.82. The Morgan fingerprint density at radius 2 is 2.12 bits per heavy atom. The first-order chi connectivity index (χ1) is 12.5. The minimum absolute atomic E-state index is 0.114. The quantitative estimate of drug-likeness (QED) is 0.821. The lowest BCUT2D eigenvalue weighted by Gasteiger charge is -2.33. The number of aromatic nitrogens is 2. The second kappa shape index (κ2) is 8.42. The second-order valence-electron chi connectivity index (χ2n) is 6.82. The van der Waals surface area contributed by atoms with Gasteiger partial charge >= 0.3 is 0 Å². The number of aliphatic hydroxyl groups excluding tert-OH is 1. The molecule has 1 aliphatic rings. The molecule has 2 aromatic rings. The summed E-state index contributed by atoms with van der Waals surface area (Å²) in [5.41, 5.74) is 0.484. The molecule has 2 N–H and O–H groups in total. The van der Waals surface area contributed by atoms with Gasteiger partial charge in [-0.15, -0.1) is 0 Å². The van der Waals surface area contributed by atoms with Crippen molar-refractivity contribution in [1.29, 1.82) is 0 Å². The van der Waals surface area contributed by atoms with E-state index in [-0.39, 0.29) is 24.2 Å². The lowest BCUT2D eigenvalue weighted by atomic mass is 9.90. The van der Waals surface area contributed by atoms with Crippen molar-refractivity contribution in [2.75, 3.05) is 19.6 Å². The molecule has 6 nitrogen and oxygen atoms in total. The van der Waals surface area contributed by atoms with Crippen molar-refractivity contribution < 1.29 is 14.3 Å². The summed E-state index contributed by atoms with van der Waals surface area (Å²) in [5, 5.41) is 13.3. The van der Waals surface area contributed by atoms with Gasteiger partial charge in [0.25, 0.3) is 0 Å². The van der Waals surface area contributed by atoms with Gasteiger partial charge in [-0.25, -0.2) is 9.37 Å². The summed E-state index contributed by atoms with van der Waals surface area (Å²) in [7, 11) is 1.88. The Kier molecular flexibility index (Phi) is 6.00. The first-order valence-electron chi connectivity index (χ1n) is 8.92. The van der Waals surface area contributed by atoms with Gasteiger partial charge < -0.3 is 15.0 Å². The topological polar surface area (TPSA) is 70.4 Å². The Bertz CT molecular complexity index is 741. The van der Waals surface area contributed by atoms with Gasteiger partial charge in [-0.3, -0.25) is 9.69 Å². The molecular weight excluding hydrogens is 335 g/mol. The molecule has 1 fully saturated rings. The standard InChI is InChI=1S/C19H25FN4O2/c1-23-11-8-21-19(23)18(26)14-6-9-24(10-7-14)13-17(25)22-12-15-4-2-3-5-16(15)20/h2-5,8,11,14,18,26H,6-7,9-10,12-13H2,1H3,(H,22,25)/t18-/m1/s1. The maximum Gasteiger partial charge on any atom is 0.234 e. The zero-order chi connectivity index (χ0) is 18.5. The number of likely N-dealkylation sites (tertiary alicyclic amines) is 1. The van der Waals surface area contributed by atoms with Crippen molar-refractivity contribution in [2.24, 2.45) is 13.0 Å². The van der Waals surface area contributed by atoms with Gasteiger partial charge in [-0.1, -0.05) is 18.2 Å². The average Bonchev–Trinajstić information content (AvgIpc) is 3.07. The van der Waals surface area contributed by atoms with Crippen LogP contribution in [0.3, 0.4) is 0 Å². The molecule has 7 heteroatoms. The molecule has 0 radical (unpaired) electrons. The number of hydrogen-bond donors (Lipinski definition) is 2. The number of nitrogens with zero attached hydrogens (tertiary/aromatic N) is 3. The lowest BCUT2D eigenvalue weighted by molar-refractivity contribution is -0.122. The Balaban J connectivity index is 1.43. The Labute approximate surface area is 152 Å². The summed E-state index contributed by atoms with van der Waals surface area (Å²) in [6.07, 6.45) is 4.57. The van der Waals surface area contributed by atoms with Crippen LogP contribution < -0.4 is 5.32 Å². The molecular formula is C19H25FN4O2. The van der Waals surface area contributed by atoms with Gasteiger partial charge in [-0.05, 0) is 37.9 Å². The van der Waals surface area contributed by atoms with Gasteiger partial charge in [0.1, 0.15) is 17.7 Å².